The van der Waals surface area contributed by atoms with Gasteiger partial charge in [-0.15, -0.1) is 5.10 Å². The highest BCUT2D eigenvalue weighted by Crippen LogP contribution is 2.37. The largest absolute Gasteiger partial charge is 0.508 e. The van der Waals surface area contributed by atoms with Gasteiger partial charge in [-0.25, -0.2) is 9.48 Å². The molecular weight excluding hydrogens is 1510 g/mol. The molecule has 2 bridgehead atoms. The number of thioether (sulfide) groups is 1. The van der Waals surface area contributed by atoms with Gasteiger partial charge in [0, 0.05) is 79.3 Å². The van der Waals surface area contributed by atoms with Crippen molar-refractivity contribution in [1.82, 2.24) is 67.4 Å². The molecule has 2 aromatic heterocycles. The zero-order valence-electron chi connectivity index (χ0n) is 63.7. The smallest absolute Gasteiger partial charge is 0.314 e. The number of hydrogen-bond acceptors (Lipinski definition) is 27. The number of fused-ring (bicyclic) bond motifs is 5. The maximum absolute atomic E-state index is 15.3. The molecule has 1 saturated heterocycles. The summed E-state index contributed by atoms with van der Waals surface area (Å²) in [5.41, 5.74) is 6.78. The minimum absolute atomic E-state index is 0.118. The van der Waals surface area contributed by atoms with E-state index in [-0.39, 0.29) is 65.0 Å². The van der Waals surface area contributed by atoms with Crippen molar-refractivity contribution in [3.8, 4) is 5.75 Å². The normalized spacial score (nSPS) is 21.7. The summed E-state index contributed by atoms with van der Waals surface area (Å²) in [5.74, 6) is -15.3. The third kappa shape index (κ3) is 31.2. The van der Waals surface area contributed by atoms with Gasteiger partial charge in [0.25, 0.3) is 0 Å². The van der Waals surface area contributed by atoms with E-state index in [0.717, 1.165) is 4.90 Å². The Morgan fingerprint density at radius 1 is 0.759 bits per heavy atom. The van der Waals surface area contributed by atoms with E-state index in [1.54, 1.807) is 31.6 Å². The van der Waals surface area contributed by atoms with Crippen LogP contribution in [0.3, 0.4) is 0 Å². The number of phenolic OH excluding ortho intramolecular Hbond substituents is 1. The van der Waals surface area contributed by atoms with Crippen molar-refractivity contribution >= 4 is 104 Å². The Bertz CT molecular complexity index is 3630. The van der Waals surface area contributed by atoms with Crippen LogP contribution in [0.4, 0.5) is 4.79 Å². The fourth-order valence-corrected chi connectivity index (χ4v) is 14.8. The lowest BCUT2D eigenvalue weighted by molar-refractivity contribution is -0.144. The van der Waals surface area contributed by atoms with E-state index in [1.807, 2.05) is 0 Å². The summed E-state index contributed by atoms with van der Waals surface area (Å²) >= 11 is 1.40. The number of carbonyl (C=O) groups excluding carboxylic acids is 11. The predicted octanol–water partition coefficient (Wildman–Crippen LogP) is -3.29. The van der Waals surface area contributed by atoms with Crippen LogP contribution in [0.15, 0.2) is 23.4 Å². The molecule has 16 N–H and O–H groups in total. The van der Waals surface area contributed by atoms with E-state index in [9.17, 15) is 78.0 Å². The Morgan fingerprint density at radius 3 is 2.01 bits per heavy atom. The first-order valence-corrected chi connectivity index (χ1v) is 40.0. The van der Waals surface area contributed by atoms with E-state index in [4.69, 9.17) is 44.0 Å². The van der Waals surface area contributed by atoms with Crippen molar-refractivity contribution in [2.45, 2.75) is 146 Å². The maximum Gasteiger partial charge on any atom is 0.314 e. The Labute approximate surface area is 654 Å². The Balaban J connectivity index is 0.959. The topological polar surface area (TPSA) is 560 Å². The second-order valence-corrected chi connectivity index (χ2v) is 30.0. The number of carbonyl (C=O) groups is 12. The third-order valence-electron chi connectivity index (χ3n) is 18.9. The molecular formula is C71H110N14O25S2. The van der Waals surface area contributed by atoms with Crippen molar-refractivity contribution in [1.29, 1.82) is 0 Å². The number of aliphatic hydroxyl groups excluding tert-OH is 3. The molecule has 12 atom stereocenters. The molecule has 39 nitrogen and oxygen atoms in total. The van der Waals surface area contributed by atoms with Gasteiger partial charge in [-0.2, -0.15) is 11.8 Å². The van der Waals surface area contributed by atoms with Crippen LogP contribution in [0.1, 0.15) is 95.9 Å². The number of nitrogens with zero attached hydrogens (tertiary/aromatic N) is 4. The number of aromatic hydroxyl groups is 1. The molecule has 3 aliphatic rings. The number of benzene rings is 1. The number of aromatic amines is 1. The van der Waals surface area contributed by atoms with Gasteiger partial charge in [-0.1, -0.05) is 39.3 Å². The highest BCUT2D eigenvalue weighted by atomic mass is 32.2. The van der Waals surface area contributed by atoms with E-state index in [0.29, 0.717) is 135 Å². The van der Waals surface area contributed by atoms with Gasteiger partial charge in [0.15, 0.2) is 11.6 Å². The molecule has 626 valence electrons. The Kier molecular flexibility index (Phi) is 40.7. The average Bonchev–Trinajstić information content (AvgIpc) is 1.61. The van der Waals surface area contributed by atoms with Crippen molar-refractivity contribution in [2.75, 3.05) is 143 Å². The van der Waals surface area contributed by atoms with Crippen LogP contribution < -0.4 is 48.3 Å². The fourth-order valence-electron chi connectivity index (χ4n) is 12.3. The molecule has 1 aromatic carbocycles. The number of H-pyrrole nitrogens is 1. The van der Waals surface area contributed by atoms with Gasteiger partial charge < -0.3 is 117 Å². The molecule has 41 heteroatoms. The number of unbranched alkanes of at least 4 members (excludes halogenated alkanes) is 1. The number of ketones is 2. The lowest BCUT2D eigenvalue weighted by Crippen LogP contribution is -2.60. The van der Waals surface area contributed by atoms with E-state index >= 15 is 4.21 Å². The number of ether oxygens (including phenoxy) is 7. The molecule has 112 heavy (non-hydrogen) atoms. The van der Waals surface area contributed by atoms with Crippen molar-refractivity contribution in [3.63, 3.8) is 0 Å². The van der Waals surface area contributed by atoms with Crippen LogP contribution in [0, 0.1) is 29.6 Å². The van der Waals surface area contributed by atoms with Crippen molar-refractivity contribution in [3.05, 3.63) is 35.2 Å². The summed E-state index contributed by atoms with van der Waals surface area (Å²) in [6.07, 6.45) is -2.99. The number of nitrogens with one attached hydrogen (secondary N) is 9. The number of primary amides is 1. The molecule has 6 rings (SSSR count). The monoisotopic (exact) mass is 1620 g/mol. The van der Waals surface area contributed by atoms with Gasteiger partial charge >= 0.3 is 12.0 Å². The number of Topliss-reactive ketones (excluding diaryl/α,β-unsaturated/α-hetero) is 2. The molecule has 3 aliphatic heterocycles. The highest BCUT2D eigenvalue weighted by Gasteiger charge is 2.45. The summed E-state index contributed by atoms with van der Waals surface area (Å²) in [5, 5.41) is 81.2. The first-order valence-electron chi connectivity index (χ1n) is 37.5. The molecule has 1 fully saturated rings. The first kappa shape index (κ1) is 92.5. The van der Waals surface area contributed by atoms with E-state index < -0.39 is 206 Å². The zero-order chi connectivity index (χ0) is 81.7. The number of amides is 10. The Morgan fingerprint density at radius 2 is 1.38 bits per heavy atom. The number of phenols is 1. The quantitative estimate of drug-likeness (QED) is 0.0247. The minimum Gasteiger partial charge on any atom is -0.508 e. The maximum atomic E-state index is 15.3. The molecule has 5 heterocycles. The number of aromatic nitrogens is 4. The summed E-state index contributed by atoms with van der Waals surface area (Å²) in [7, 11) is -2.46. The van der Waals surface area contributed by atoms with Crippen LogP contribution in [0.5, 0.6) is 5.75 Å². The molecule has 0 saturated carbocycles. The molecule has 0 radical (unpaired) electrons. The lowest BCUT2D eigenvalue weighted by atomic mass is 9.85. The fraction of sp³-hybridized carbons (Fsp3) is 0.690. The highest BCUT2D eigenvalue weighted by molar-refractivity contribution is 7.98. The molecule has 0 aliphatic carbocycles. The van der Waals surface area contributed by atoms with Gasteiger partial charge in [0.1, 0.15) is 34.6 Å². The van der Waals surface area contributed by atoms with Crippen LogP contribution in [0.25, 0.3) is 10.9 Å². The van der Waals surface area contributed by atoms with Crippen LogP contribution in [0.2, 0.25) is 0 Å². The van der Waals surface area contributed by atoms with E-state index in [2.05, 4.69) is 57.8 Å². The summed E-state index contributed by atoms with van der Waals surface area (Å²) in [6, 6.07) is -4.60. The second-order valence-electron chi connectivity index (χ2n) is 27.4. The zero-order valence-corrected chi connectivity index (χ0v) is 65.3. The predicted molar refractivity (Wildman–Crippen MR) is 400 cm³/mol. The number of carboxylic acids is 1. The van der Waals surface area contributed by atoms with E-state index in [1.165, 1.54) is 30.8 Å². The van der Waals surface area contributed by atoms with Gasteiger partial charge in [0.2, 0.25) is 47.3 Å². The van der Waals surface area contributed by atoms with Gasteiger partial charge in [-0.3, -0.25) is 56.9 Å². The number of nitrogens with two attached hydrogens (primary N) is 1. The second kappa shape index (κ2) is 49.3. The number of carboxylic acid groups (broad SMARTS) is 1. The van der Waals surface area contributed by atoms with Crippen molar-refractivity contribution in [2.24, 2.45) is 35.3 Å². The third-order valence-corrected chi connectivity index (χ3v) is 21.4. The number of rotatable bonds is 43. The minimum atomic E-state index is -2.46. The standard InChI is InChI=1S/C71H110N14O25S2/c1-5-42(2)50-31-47(87)35-76-65(97)45-29-51-49-8-9-56(89)52(63(49)81-69(51)112(103)41-54(78-60(93)36-77-66(50)98)67(99)79-53(33-59(72)92)70(101)85-38-48(88)32-55(85)68(100)80-62(57(90)30-45)44(4)58(91)39-86)40-111-27-7-6-10-73-71(102)74-11-13-104-15-17-106-19-21-108-23-25-110-26-24-109-22-20-107-18-16-105-14-12-84-37-46(82-83-84)34-75-64(96)43(3)28-61(94)95/h8-9,37,42-45,48,50,53-55,58,62,81,86,88-89,91H,5-7,10-36,38-41H2,1-4H3,(H2,72,92)(H,75,96)(H,76,97)(H,77,98)(H,78,93)(H,79,99)(H,80,100)(H,94,95)(H2,73,74,102)/t42-,43?,44-,45+,48+,50-,53-,54-,55-,58-,62-,112?/m0/s1. The number of aliphatic hydroxyl groups is 3. The molecule has 10 amide bonds. The molecule has 0 spiro atoms. The number of hydrogen-bond donors (Lipinski definition) is 15. The van der Waals surface area contributed by atoms with Crippen LogP contribution in [-0.2, 0) is 122 Å². The summed E-state index contributed by atoms with van der Waals surface area (Å²) < 4.78 is 55.7. The van der Waals surface area contributed by atoms with Gasteiger partial charge in [0.05, 0.1) is 185 Å². The lowest BCUT2D eigenvalue weighted by Gasteiger charge is -2.32. The van der Waals surface area contributed by atoms with Crippen LogP contribution >= 0.6 is 11.8 Å². The summed E-state index contributed by atoms with van der Waals surface area (Å²) in [6.45, 7) is 9.61. The summed E-state index contributed by atoms with van der Waals surface area (Å²) in [4.78, 5) is 167. The average molecular weight is 1620 g/mol. The molecule has 3 aromatic rings. The Hall–Kier alpha value is -8.36. The first-order chi connectivity index (χ1) is 53.7. The van der Waals surface area contributed by atoms with Crippen LogP contribution in [-0.4, -0.2) is 305 Å². The number of aliphatic carboxylic acids is 1. The van der Waals surface area contributed by atoms with Gasteiger partial charge in [-0.05, 0) is 48.6 Å². The number of urea groups is 1. The SMILES string of the molecule is CC[C@H](C)[C@@H]1CC(=O)CNC(=O)[C@H]2CC(=O)[C@H]([C@@H](C)[C@@H](O)CO)NC(=O)[C@@H]3C[C@@H](O)CN3C(=O)[C@H](CC(N)=O)NC(=O)[C@H](CS(=O)c3[nH]c4c(CSCCCCNC(=O)NCCOCCOCCOCCOCCOCCOCCOCCn5cc(CNC(=O)C(C)CC(=O)O)nn5)c(O)ccc4c3C2)NC(=O)CNC1=O. The molecule has 2 unspecified atom stereocenters. The van der Waals surface area contributed by atoms with Crippen molar-refractivity contribution < 1.29 is 120 Å².